The van der Waals surface area contributed by atoms with Gasteiger partial charge in [-0.15, -0.1) is 0 Å². The maximum Gasteiger partial charge on any atom is 0.209 e. The van der Waals surface area contributed by atoms with Crippen molar-refractivity contribution in [2.24, 2.45) is 0 Å². The Kier molecular flexibility index (Phi) is 4.21. The van der Waals surface area contributed by atoms with Crippen LogP contribution in [0.25, 0.3) is 0 Å². The molecule has 0 bridgehead atoms. The molecule has 1 heterocycles. The number of ketones is 1. The summed E-state index contributed by atoms with van der Waals surface area (Å²) in [5, 5.41) is 0. The summed E-state index contributed by atoms with van der Waals surface area (Å²) < 4.78 is 14.2. The molecule has 0 radical (unpaired) electrons. The van der Waals surface area contributed by atoms with Gasteiger partial charge in [0.15, 0.2) is 0 Å². The summed E-state index contributed by atoms with van der Waals surface area (Å²) in [6, 6.07) is 15.7. The molecule has 0 saturated carbocycles. The topological polar surface area (TPSA) is 58.9 Å². The number of aryl methyl sites for hydroxylation is 1. The van der Waals surface area contributed by atoms with Crippen LogP contribution in [0.3, 0.4) is 0 Å². The number of nitrogens with one attached hydrogen (secondary N) is 1. The molecule has 0 spiro atoms. The van der Waals surface area contributed by atoms with E-state index in [4.69, 9.17) is 5.73 Å². The molecule has 2 aromatic carbocycles. The Morgan fingerprint density at radius 3 is 2.50 bits per heavy atom. The molecule has 3 nitrogen and oxygen atoms in total. The molecule has 0 amide bonds. The van der Waals surface area contributed by atoms with Gasteiger partial charge in [-0.2, -0.15) is 0 Å². The minimum Gasteiger partial charge on any atom is -0.399 e. The lowest BCUT2D eigenvalue weighted by Crippen LogP contribution is -2.05. The number of nitrogen functional groups attached to an aromatic ring is 1. The summed E-state index contributed by atoms with van der Waals surface area (Å²) in [6.45, 7) is 3.78. The molecule has 3 aromatic rings. The SMILES string of the molecule is Cc1cc(C(C)c2ccc(N)cc2F)[nH]c1C(=O)c1ccccc1. The van der Waals surface area contributed by atoms with Gasteiger partial charge in [0.2, 0.25) is 5.78 Å². The van der Waals surface area contributed by atoms with E-state index < -0.39 is 0 Å². The Labute approximate surface area is 140 Å². The van der Waals surface area contributed by atoms with Crippen LogP contribution in [0.2, 0.25) is 0 Å². The molecule has 0 aliphatic heterocycles. The van der Waals surface area contributed by atoms with Gasteiger partial charge >= 0.3 is 0 Å². The normalized spacial score (nSPS) is 12.1. The van der Waals surface area contributed by atoms with Gasteiger partial charge < -0.3 is 10.7 Å². The highest BCUT2D eigenvalue weighted by molar-refractivity contribution is 6.08. The summed E-state index contributed by atoms with van der Waals surface area (Å²) >= 11 is 0. The first-order valence-corrected chi connectivity index (χ1v) is 7.81. The number of H-pyrrole nitrogens is 1. The number of carbonyl (C=O) groups is 1. The van der Waals surface area contributed by atoms with Crippen LogP contribution < -0.4 is 5.73 Å². The van der Waals surface area contributed by atoms with E-state index in [-0.39, 0.29) is 17.5 Å². The summed E-state index contributed by atoms with van der Waals surface area (Å²) in [5.41, 5.74) is 9.36. The minimum atomic E-state index is -0.342. The molecular formula is C20H19FN2O. The van der Waals surface area contributed by atoms with Gasteiger partial charge in [0.05, 0.1) is 5.69 Å². The molecule has 0 saturated heterocycles. The zero-order valence-corrected chi connectivity index (χ0v) is 13.6. The van der Waals surface area contributed by atoms with Gasteiger partial charge in [-0.3, -0.25) is 4.79 Å². The average molecular weight is 322 g/mol. The Morgan fingerprint density at radius 1 is 1.12 bits per heavy atom. The number of rotatable bonds is 4. The van der Waals surface area contributed by atoms with Crippen molar-refractivity contribution in [3.63, 3.8) is 0 Å². The number of aromatic nitrogens is 1. The van der Waals surface area contributed by atoms with Gasteiger partial charge in [-0.25, -0.2) is 4.39 Å². The van der Waals surface area contributed by atoms with E-state index >= 15 is 0 Å². The van der Waals surface area contributed by atoms with E-state index in [9.17, 15) is 9.18 Å². The molecular weight excluding hydrogens is 303 g/mol. The number of nitrogens with two attached hydrogens (primary N) is 1. The van der Waals surface area contributed by atoms with Crippen molar-refractivity contribution in [1.29, 1.82) is 0 Å². The Bertz CT molecular complexity index is 884. The highest BCUT2D eigenvalue weighted by Gasteiger charge is 2.20. The summed E-state index contributed by atoms with van der Waals surface area (Å²) in [7, 11) is 0. The summed E-state index contributed by atoms with van der Waals surface area (Å²) in [6.07, 6.45) is 0. The molecule has 1 aromatic heterocycles. The van der Waals surface area contributed by atoms with Crippen molar-refractivity contribution in [2.45, 2.75) is 19.8 Å². The van der Waals surface area contributed by atoms with E-state index in [1.807, 2.05) is 38.1 Å². The first kappa shape index (κ1) is 16.0. The standard InChI is InChI=1S/C20H19FN2O/c1-12-10-18(13(2)16-9-8-15(22)11-17(16)21)23-19(12)20(24)14-6-4-3-5-7-14/h3-11,13,23H,22H2,1-2H3. The predicted molar refractivity (Wildman–Crippen MR) is 93.7 cm³/mol. The lowest BCUT2D eigenvalue weighted by atomic mass is 9.97. The third-order valence-electron chi connectivity index (χ3n) is 4.26. The van der Waals surface area contributed by atoms with Crippen molar-refractivity contribution in [3.8, 4) is 0 Å². The van der Waals surface area contributed by atoms with Crippen LogP contribution >= 0.6 is 0 Å². The van der Waals surface area contributed by atoms with Crippen LogP contribution in [0, 0.1) is 12.7 Å². The minimum absolute atomic E-state index is 0.0654. The van der Waals surface area contributed by atoms with Gasteiger partial charge in [0.25, 0.3) is 0 Å². The number of halogens is 1. The quantitative estimate of drug-likeness (QED) is 0.551. The molecule has 1 atom stereocenters. The maximum absolute atomic E-state index is 14.2. The van der Waals surface area contributed by atoms with Crippen LogP contribution in [-0.2, 0) is 0 Å². The molecule has 122 valence electrons. The van der Waals surface area contributed by atoms with Gasteiger partial charge in [0, 0.05) is 22.9 Å². The number of aromatic amines is 1. The van der Waals surface area contributed by atoms with Crippen LogP contribution in [0.1, 0.15) is 45.7 Å². The molecule has 3 rings (SSSR count). The van der Waals surface area contributed by atoms with Crippen LogP contribution in [0.4, 0.5) is 10.1 Å². The van der Waals surface area contributed by atoms with E-state index in [2.05, 4.69) is 4.98 Å². The van der Waals surface area contributed by atoms with E-state index in [0.717, 1.165) is 11.3 Å². The second-order valence-electron chi connectivity index (χ2n) is 5.98. The number of hydrogen-bond donors (Lipinski definition) is 2. The third-order valence-corrected chi connectivity index (χ3v) is 4.26. The summed E-state index contributed by atoms with van der Waals surface area (Å²) in [5.74, 6) is -0.614. The zero-order valence-electron chi connectivity index (χ0n) is 13.6. The first-order chi connectivity index (χ1) is 11.5. The fraction of sp³-hybridized carbons (Fsp3) is 0.150. The van der Waals surface area contributed by atoms with Gasteiger partial charge in [-0.05, 0) is 36.2 Å². The predicted octanol–water partition coefficient (Wildman–Crippen LogP) is 4.43. The van der Waals surface area contributed by atoms with Crippen LogP contribution in [0.15, 0.2) is 54.6 Å². The first-order valence-electron chi connectivity index (χ1n) is 7.81. The Morgan fingerprint density at radius 2 is 1.83 bits per heavy atom. The number of anilines is 1. The second-order valence-corrected chi connectivity index (χ2v) is 5.98. The zero-order chi connectivity index (χ0) is 17.3. The number of carbonyl (C=O) groups excluding carboxylic acids is 1. The van der Waals surface area contributed by atoms with Crippen molar-refractivity contribution < 1.29 is 9.18 Å². The maximum atomic E-state index is 14.2. The van der Waals surface area contributed by atoms with Crippen LogP contribution in [0.5, 0.6) is 0 Å². The highest BCUT2D eigenvalue weighted by atomic mass is 19.1. The van der Waals surface area contributed by atoms with Crippen LogP contribution in [-0.4, -0.2) is 10.8 Å². The smallest absolute Gasteiger partial charge is 0.209 e. The highest BCUT2D eigenvalue weighted by Crippen LogP contribution is 2.28. The lowest BCUT2D eigenvalue weighted by Gasteiger charge is -2.12. The second kappa shape index (κ2) is 6.32. The molecule has 0 fully saturated rings. The van der Waals surface area contributed by atoms with E-state index in [1.54, 1.807) is 24.3 Å². The number of benzene rings is 2. The van der Waals surface area contributed by atoms with Gasteiger partial charge in [-0.1, -0.05) is 43.3 Å². The Hall–Kier alpha value is -2.88. The van der Waals surface area contributed by atoms with E-state index in [0.29, 0.717) is 22.5 Å². The molecule has 4 heteroatoms. The van der Waals surface area contributed by atoms with Gasteiger partial charge in [0.1, 0.15) is 5.82 Å². The Balaban J connectivity index is 1.95. The van der Waals surface area contributed by atoms with Crippen molar-refractivity contribution in [1.82, 2.24) is 4.98 Å². The lowest BCUT2D eigenvalue weighted by molar-refractivity contribution is 0.103. The molecule has 0 aliphatic carbocycles. The fourth-order valence-corrected chi connectivity index (χ4v) is 2.85. The third kappa shape index (κ3) is 2.95. The number of hydrogen-bond acceptors (Lipinski definition) is 2. The van der Waals surface area contributed by atoms with E-state index in [1.165, 1.54) is 6.07 Å². The largest absolute Gasteiger partial charge is 0.399 e. The molecule has 0 aliphatic rings. The fourth-order valence-electron chi connectivity index (χ4n) is 2.85. The monoisotopic (exact) mass is 322 g/mol. The van der Waals surface area contributed by atoms with Crippen molar-refractivity contribution >= 4 is 11.5 Å². The molecule has 24 heavy (non-hydrogen) atoms. The summed E-state index contributed by atoms with van der Waals surface area (Å²) in [4.78, 5) is 15.8. The average Bonchev–Trinajstić information content (AvgIpc) is 2.96. The molecule has 3 N–H and O–H groups in total. The van der Waals surface area contributed by atoms with Crippen molar-refractivity contribution in [2.75, 3.05) is 5.73 Å². The molecule has 1 unspecified atom stereocenters. The van der Waals surface area contributed by atoms with Crippen molar-refractivity contribution in [3.05, 3.63) is 88.5 Å².